The van der Waals surface area contributed by atoms with Crippen molar-refractivity contribution in [1.29, 1.82) is 0 Å². The van der Waals surface area contributed by atoms with Crippen LogP contribution in [0.25, 0.3) is 0 Å². The molecule has 0 spiro atoms. The number of carbonyl (C=O) groups is 1. The van der Waals surface area contributed by atoms with Gasteiger partial charge in [-0.3, -0.25) is 14.9 Å². The maximum absolute atomic E-state index is 12.4. The second-order valence-corrected chi connectivity index (χ2v) is 5.09. The van der Waals surface area contributed by atoms with E-state index in [1.807, 2.05) is 6.92 Å². The van der Waals surface area contributed by atoms with Crippen LogP contribution in [0.3, 0.4) is 0 Å². The third-order valence-electron chi connectivity index (χ3n) is 3.55. The highest BCUT2D eigenvalue weighted by molar-refractivity contribution is 5.85. The normalized spacial score (nSPS) is 20.8. The Balaban J connectivity index is 0.00000242. The summed E-state index contributed by atoms with van der Waals surface area (Å²) in [5, 5.41) is 14.1. The van der Waals surface area contributed by atoms with E-state index in [0.29, 0.717) is 18.7 Å². The number of nitrogens with one attached hydrogen (secondary N) is 1. The first-order valence-electron chi connectivity index (χ1n) is 6.83. The number of benzene rings is 1. The van der Waals surface area contributed by atoms with Gasteiger partial charge in [0.1, 0.15) is 6.04 Å². The average Bonchev–Trinajstić information content (AvgIpc) is 2.47. The first-order chi connectivity index (χ1) is 10.0. The first kappa shape index (κ1) is 18.3. The van der Waals surface area contributed by atoms with Crippen LogP contribution in [0.2, 0.25) is 0 Å². The van der Waals surface area contributed by atoms with Gasteiger partial charge in [-0.15, -0.1) is 12.4 Å². The smallest absolute Gasteiger partial charge is 0.274 e. The molecule has 1 heterocycles. The van der Waals surface area contributed by atoms with E-state index in [-0.39, 0.29) is 36.7 Å². The number of para-hydroxylation sites is 1. The van der Waals surface area contributed by atoms with Crippen molar-refractivity contribution in [3.8, 4) is 0 Å². The molecule has 122 valence electrons. The molecule has 7 nitrogen and oxygen atoms in total. The predicted octanol–water partition coefficient (Wildman–Crippen LogP) is 1.35. The topological polar surface area (TPSA) is 84.7 Å². The lowest BCUT2D eigenvalue weighted by molar-refractivity contribution is -0.385. The molecule has 1 aromatic carbocycles. The molecule has 0 aromatic heterocycles. The van der Waals surface area contributed by atoms with Gasteiger partial charge in [-0.05, 0) is 6.92 Å². The zero-order valence-corrected chi connectivity index (χ0v) is 13.3. The third-order valence-corrected chi connectivity index (χ3v) is 3.55. The van der Waals surface area contributed by atoms with Crippen LogP contribution >= 0.6 is 12.4 Å². The van der Waals surface area contributed by atoms with Gasteiger partial charge in [0.2, 0.25) is 5.91 Å². The zero-order valence-electron chi connectivity index (χ0n) is 12.5. The molecule has 8 heteroatoms. The van der Waals surface area contributed by atoms with Gasteiger partial charge >= 0.3 is 0 Å². The Labute approximate surface area is 135 Å². The Morgan fingerprint density at radius 1 is 1.50 bits per heavy atom. The van der Waals surface area contributed by atoms with E-state index in [4.69, 9.17) is 4.74 Å². The maximum Gasteiger partial charge on any atom is 0.274 e. The van der Waals surface area contributed by atoms with E-state index >= 15 is 0 Å². The van der Waals surface area contributed by atoms with E-state index < -0.39 is 11.0 Å². The summed E-state index contributed by atoms with van der Waals surface area (Å²) in [6.45, 7) is 3.24. The minimum absolute atomic E-state index is 0. The number of likely N-dealkylation sites (N-methyl/N-ethyl adjacent to an activating group) is 1. The number of amides is 1. The minimum Gasteiger partial charge on any atom is -0.375 e. The van der Waals surface area contributed by atoms with Gasteiger partial charge in [-0.2, -0.15) is 0 Å². The molecule has 1 aliphatic heterocycles. The van der Waals surface area contributed by atoms with Crippen molar-refractivity contribution >= 4 is 24.0 Å². The van der Waals surface area contributed by atoms with Gasteiger partial charge in [0, 0.05) is 25.2 Å². The summed E-state index contributed by atoms with van der Waals surface area (Å²) in [5.41, 5.74) is 0.542. The van der Waals surface area contributed by atoms with Crippen molar-refractivity contribution < 1.29 is 14.5 Å². The third kappa shape index (κ3) is 4.16. The fourth-order valence-corrected chi connectivity index (χ4v) is 2.40. The summed E-state index contributed by atoms with van der Waals surface area (Å²) >= 11 is 0. The monoisotopic (exact) mass is 329 g/mol. The van der Waals surface area contributed by atoms with Gasteiger partial charge < -0.3 is 15.0 Å². The number of nitro benzene ring substituents is 1. The molecular weight excluding hydrogens is 310 g/mol. The highest BCUT2D eigenvalue weighted by Crippen LogP contribution is 2.19. The van der Waals surface area contributed by atoms with Crippen LogP contribution in [0.1, 0.15) is 12.5 Å². The van der Waals surface area contributed by atoms with Crippen LogP contribution in [0, 0.1) is 10.1 Å². The second-order valence-electron chi connectivity index (χ2n) is 5.09. The van der Waals surface area contributed by atoms with Crippen molar-refractivity contribution in [3.63, 3.8) is 0 Å². The lowest BCUT2D eigenvalue weighted by Crippen LogP contribution is -2.55. The summed E-state index contributed by atoms with van der Waals surface area (Å²) in [6, 6.07) is 6.04. The van der Waals surface area contributed by atoms with Crippen molar-refractivity contribution in [2.45, 2.75) is 25.6 Å². The first-order valence-corrected chi connectivity index (χ1v) is 6.83. The summed E-state index contributed by atoms with van der Waals surface area (Å²) < 4.78 is 5.46. The molecule has 1 aliphatic rings. The largest absolute Gasteiger partial charge is 0.375 e. The van der Waals surface area contributed by atoms with Crippen LogP contribution in [-0.4, -0.2) is 48.1 Å². The molecule has 2 atom stereocenters. The molecule has 1 aromatic rings. The SMILES string of the molecule is C[C@H]1OCCN[C@@H]1C(=O)N(C)Cc1ccccc1[N+](=O)[O-].Cl. The van der Waals surface area contributed by atoms with Gasteiger partial charge in [0.15, 0.2) is 0 Å². The summed E-state index contributed by atoms with van der Waals surface area (Å²) in [5.74, 6) is -0.125. The highest BCUT2D eigenvalue weighted by atomic mass is 35.5. The maximum atomic E-state index is 12.4. The average molecular weight is 330 g/mol. The zero-order chi connectivity index (χ0) is 15.4. The van der Waals surface area contributed by atoms with Crippen molar-refractivity contribution in [2.75, 3.05) is 20.2 Å². The van der Waals surface area contributed by atoms with Gasteiger partial charge in [-0.25, -0.2) is 0 Å². The van der Waals surface area contributed by atoms with Gasteiger partial charge in [0.25, 0.3) is 5.69 Å². The molecule has 1 amide bonds. The number of nitro groups is 1. The number of nitrogens with zero attached hydrogens (tertiary/aromatic N) is 2. The van der Waals surface area contributed by atoms with E-state index in [2.05, 4.69) is 5.32 Å². The van der Waals surface area contributed by atoms with Crippen LogP contribution in [0.15, 0.2) is 24.3 Å². The molecule has 2 rings (SSSR count). The molecule has 1 fully saturated rings. The van der Waals surface area contributed by atoms with Crippen LogP contribution in [-0.2, 0) is 16.1 Å². The van der Waals surface area contributed by atoms with E-state index in [9.17, 15) is 14.9 Å². The van der Waals surface area contributed by atoms with Crippen LogP contribution in [0.5, 0.6) is 0 Å². The van der Waals surface area contributed by atoms with Gasteiger partial charge in [-0.1, -0.05) is 18.2 Å². The summed E-state index contributed by atoms with van der Waals surface area (Å²) in [7, 11) is 1.64. The number of hydrogen-bond acceptors (Lipinski definition) is 5. The molecule has 0 saturated carbocycles. The quantitative estimate of drug-likeness (QED) is 0.666. The van der Waals surface area contributed by atoms with Crippen LogP contribution < -0.4 is 5.32 Å². The predicted molar refractivity (Wildman–Crippen MR) is 84.0 cm³/mol. The molecule has 0 bridgehead atoms. The van der Waals surface area contributed by atoms with E-state index in [0.717, 1.165) is 0 Å². The molecule has 0 aliphatic carbocycles. The Morgan fingerprint density at radius 3 is 2.82 bits per heavy atom. The molecule has 0 unspecified atom stereocenters. The molecule has 22 heavy (non-hydrogen) atoms. The van der Waals surface area contributed by atoms with Crippen molar-refractivity contribution in [3.05, 3.63) is 39.9 Å². The van der Waals surface area contributed by atoms with Crippen molar-refractivity contribution in [1.82, 2.24) is 10.2 Å². The number of carbonyl (C=O) groups excluding carboxylic acids is 1. The lowest BCUT2D eigenvalue weighted by atomic mass is 10.1. The van der Waals surface area contributed by atoms with Crippen molar-refractivity contribution in [2.24, 2.45) is 0 Å². The number of rotatable bonds is 4. The molecule has 0 radical (unpaired) electrons. The number of morpholine rings is 1. The standard InChI is InChI=1S/C14H19N3O4.ClH/c1-10-13(15-7-8-21-10)14(18)16(2)9-11-5-3-4-6-12(11)17(19)20;/h3-6,10,13,15H,7-9H2,1-2H3;1H/t10-,13+;/m1./s1. The highest BCUT2D eigenvalue weighted by Gasteiger charge is 2.31. The Kier molecular flexibility index (Phi) is 6.73. The fourth-order valence-electron chi connectivity index (χ4n) is 2.40. The molecule has 1 saturated heterocycles. The molecule has 1 N–H and O–H groups in total. The minimum atomic E-state index is -0.432. The Bertz CT molecular complexity index is 541. The van der Waals surface area contributed by atoms with E-state index in [1.165, 1.54) is 11.0 Å². The number of hydrogen-bond donors (Lipinski definition) is 1. The summed E-state index contributed by atoms with van der Waals surface area (Å²) in [6.07, 6.45) is -0.209. The van der Waals surface area contributed by atoms with Crippen LogP contribution in [0.4, 0.5) is 5.69 Å². The van der Waals surface area contributed by atoms with Gasteiger partial charge in [0.05, 0.1) is 24.2 Å². The Hall–Kier alpha value is -1.70. The van der Waals surface area contributed by atoms with E-state index in [1.54, 1.807) is 25.2 Å². The second kappa shape index (κ2) is 8.07. The lowest BCUT2D eigenvalue weighted by Gasteiger charge is -2.32. The molecular formula is C14H20ClN3O4. The number of halogens is 1. The fraction of sp³-hybridized carbons (Fsp3) is 0.500. The number of ether oxygens (including phenoxy) is 1. The summed E-state index contributed by atoms with van der Waals surface area (Å²) in [4.78, 5) is 24.5. The Morgan fingerprint density at radius 2 is 2.18 bits per heavy atom.